The first kappa shape index (κ1) is 17.8. The molecule has 1 aromatic carbocycles. The summed E-state index contributed by atoms with van der Waals surface area (Å²) < 4.78 is 37.1. The quantitative estimate of drug-likeness (QED) is 0.683. The molecule has 7 nitrogen and oxygen atoms in total. The summed E-state index contributed by atoms with van der Waals surface area (Å²) in [6.45, 7) is 0.140. The largest absolute Gasteiger partial charge is 0.497 e. The Labute approximate surface area is 150 Å². The number of rotatable bonds is 7. The normalized spacial score (nSPS) is 14.5. The second-order valence-electron chi connectivity index (χ2n) is 5.58. The number of thiazole rings is 1. The number of hydrogen-bond donors (Lipinski definition) is 0. The second-order valence-corrected chi connectivity index (χ2v) is 8.41. The molecule has 0 spiro atoms. The van der Waals surface area contributed by atoms with Crippen LogP contribution in [0.1, 0.15) is 28.3 Å². The standard InChI is InChI=1S/C16H18N2O5S2/c1-22-12-5-7-13(8-6-12)25(20,21)18(11-3-4-11)9-15-17-14(10-24-15)16(19)23-2/h5-8,10-11H,3-4,9H2,1-2H3. The molecule has 1 fully saturated rings. The van der Waals surface area contributed by atoms with E-state index in [1.165, 1.54) is 42.0 Å². The Morgan fingerprint density at radius 2 is 1.96 bits per heavy atom. The van der Waals surface area contributed by atoms with Gasteiger partial charge in [0, 0.05) is 11.4 Å². The fourth-order valence-corrected chi connectivity index (χ4v) is 4.86. The third-order valence-corrected chi connectivity index (χ3v) is 6.60. The van der Waals surface area contributed by atoms with E-state index in [-0.39, 0.29) is 23.2 Å². The van der Waals surface area contributed by atoms with Gasteiger partial charge in [0.05, 0.1) is 25.7 Å². The molecule has 1 aromatic heterocycles. The number of benzene rings is 1. The number of methoxy groups -OCH3 is 2. The fraction of sp³-hybridized carbons (Fsp3) is 0.375. The maximum Gasteiger partial charge on any atom is 0.357 e. The van der Waals surface area contributed by atoms with Gasteiger partial charge in [0.15, 0.2) is 5.69 Å². The Bertz CT molecular complexity index is 857. The van der Waals surface area contributed by atoms with Crippen LogP contribution in [0, 0.1) is 0 Å². The average Bonchev–Trinajstić information content (AvgIpc) is 3.36. The van der Waals surface area contributed by atoms with Crippen molar-refractivity contribution in [2.45, 2.75) is 30.3 Å². The van der Waals surface area contributed by atoms with Crippen LogP contribution in [-0.2, 0) is 21.3 Å². The number of nitrogens with zero attached hydrogens (tertiary/aromatic N) is 2. The summed E-state index contributed by atoms with van der Waals surface area (Å²) in [4.78, 5) is 15.9. The molecule has 3 rings (SSSR count). The number of hydrogen-bond acceptors (Lipinski definition) is 7. The molecule has 1 saturated carbocycles. The van der Waals surface area contributed by atoms with Crippen LogP contribution in [-0.4, -0.2) is 43.9 Å². The average molecular weight is 382 g/mol. The van der Waals surface area contributed by atoms with Gasteiger partial charge in [-0.1, -0.05) is 0 Å². The van der Waals surface area contributed by atoms with Crippen molar-refractivity contribution in [2.24, 2.45) is 0 Å². The smallest absolute Gasteiger partial charge is 0.357 e. The molecule has 0 amide bonds. The molecular formula is C16H18N2O5S2. The van der Waals surface area contributed by atoms with E-state index in [9.17, 15) is 13.2 Å². The second kappa shape index (κ2) is 7.11. The van der Waals surface area contributed by atoms with Crippen LogP contribution in [0.25, 0.3) is 0 Å². The van der Waals surface area contributed by atoms with Crippen molar-refractivity contribution in [1.29, 1.82) is 0 Å². The van der Waals surface area contributed by atoms with E-state index in [0.717, 1.165) is 12.8 Å². The van der Waals surface area contributed by atoms with Crippen molar-refractivity contribution in [3.05, 3.63) is 40.3 Å². The van der Waals surface area contributed by atoms with Gasteiger partial charge < -0.3 is 9.47 Å². The molecule has 1 heterocycles. The zero-order chi connectivity index (χ0) is 18.0. The van der Waals surface area contributed by atoms with Crippen LogP contribution >= 0.6 is 11.3 Å². The molecule has 9 heteroatoms. The Morgan fingerprint density at radius 1 is 1.28 bits per heavy atom. The molecule has 0 N–H and O–H groups in total. The van der Waals surface area contributed by atoms with Crippen molar-refractivity contribution >= 4 is 27.3 Å². The van der Waals surface area contributed by atoms with Crippen LogP contribution in [0.5, 0.6) is 5.75 Å². The van der Waals surface area contributed by atoms with Crippen molar-refractivity contribution in [3.8, 4) is 5.75 Å². The summed E-state index contributed by atoms with van der Waals surface area (Å²) in [7, 11) is -0.836. The number of sulfonamides is 1. The van der Waals surface area contributed by atoms with E-state index in [2.05, 4.69) is 9.72 Å². The minimum atomic E-state index is -3.65. The molecule has 1 aliphatic carbocycles. The minimum Gasteiger partial charge on any atom is -0.497 e. The minimum absolute atomic E-state index is 0.0300. The maximum absolute atomic E-state index is 13.0. The number of carbonyl (C=O) groups is 1. The lowest BCUT2D eigenvalue weighted by atomic mass is 10.3. The van der Waals surface area contributed by atoms with E-state index in [4.69, 9.17) is 4.74 Å². The molecule has 25 heavy (non-hydrogen) atoms. The van der Waals surface area contributed by atoms with E-state index < -0.39 is 16.0 Å². The summed E-state index contributed by atoms with van der Waals surface area (Å²) in [5.74, 6) is 0.0676. The summed E-state index contributed by atoms with van der Waals surface area (Å²) >= 11 is 1.25. The molecule has 134 valence electrons. The van der Waals surface area contributed by atoms with Crippen molar-refractivity contribution in [2.75, 3.05) is 14.2 Å². The number of carbonyl (C=O) groups excluding carboxylic acids is 1. The van der Waals surface area contributed by atoms with Gasteiger partial charge in [-0.2, -0.15) is 4.31 Å². The Balaban J connectivity index is 1.85. The maximum atomic E-state index is 13.0. The topological polar surface area (TPSA) is 85.8 Å². The Morgan fingerprint density at radius 3 is 2.52 bits per heavy atom. The summed E-state index contributed by atoms with van der Waals surface area (Å²) in [5.41, 5.74) is 0.195. The SMILES string of the molecule is COC(=O)c1csc(CN(C2CC2)S(=O)(=O)c2ccc(OC)cc2)n1. The Hall–Kier alpha value is -1.97. The first-order valence-electron chi connectivity index (χ1n) is 7.64. The van der Waals surface area contributed by atoms with E-state index in [1.54, 1.807) is 17.5 Å². The molecule has 1 aliphatic rings. The van der Waals surface area contributed by atoms with Gasteiger partial charge in [-0.25, -0.2) is 18.2 Å². The molecular weight excluding hydrogens is 364 g/mol. The lowest BCUT2D eigenvalue weighted by Gasteiger charge is -2.21. The fourth-order valence-electron chi connectivity index (χ4n) is 2.37. The highest BCUT2D eigenvalue weighted by molar-refractivity contribution is 7.89. The van der Waals surface area contributed by atoms with Crippen LogP contribution in [0.15, 0.2) is 34.5 Å². The van der Waals surface area contributed by atoms with Crippen LogP contribution < -0.4 is 4.74 Å². The zero-order valence-electron chi connectivity index (χ0n) is 13.8. The highest BCUT2D eigenvalue weighted by Crippen LogP contribution is 2.34. The van der Waals surface area contributed by atoms with Crippen LogP contribution in [0.3, 0.4) is 0 Å². The third kappa shape index (κ3) is 3.83. The highest BCUT2D eigenvalue weighted by atomic mass is 32.2. The van der Waals surface area contributed by atoms with Gasteiger partial charge in [-0.15, -0.1) is 11.3 Å². The number of aromatic nitrogens is 1. The zero-order valence-corrected chi connectivity index (χ0v) is 15.5. The summed E-state index contributed by atoms with van der Waals surface area (Å²) in [6, 6.07) is 6.28. The molecule has 0 aliphatic heterocycles. The monoisotopic (exact) mass is 382 g/mol. The predicted molar refractivity (Wildman–Crippen MR) is 92.2 cm³/mol. The van der Waals surface area contributed by atoms with Crippen LogP contribution in [0.2, 0.25) is 0 Å². The van der Waals surface area contributed by atoms with E-state index >= 15 is 0 Å². The van der Waals surface area contributed by atoms with Crippen molar-refractivity contribution in [1.82, 2.24) is 9.29 Å². The summed E-state index contributed by atoms with van der Waals surface area (Å²) in [5, 5.41) is 2.14. The number of esters is 1. The van der Waals surface area contributed by atoms with Gasteiger partial charge in [0.1, 0.15) is 10.8 Å². The molecule has 0 bridgehead atoms. The Kier molecular flexibility index (Phi) is 5.07. The molecule has 0 atom stereocenters. The molecule has 0 saturated heterocycles. The molecule has 0 unspecified atom stereocenters. The van der Waals surface area contributed by atoms with E-state index in [1.807, 2.05) is 0 Å². The van der Waals surface area contributed by atoms with Gasteiger partial charge in [-0.3, -0.25) is 0 Å². The van der Waals surface area contributed by atoms with Crippen LogP contribution in [0.4, 0.5) is 0 Å². The van der Waals surface area contributed by atoms with Gasteiger partial charge >= 0.3 is 5.97 Å². The first-order chi connectivity index (χ1) is 12.0. The van der Waals surface area contributed by atoms with Gasteiger partial charge in [0.2, 0.25) is 10.0 Å². The first-order valence-corrected chi connectivity index (χ1v) is 9.96. The number of ether oxygens (including phenoxy) is 2. The van der Waals surface area contributed by atoms with Gasteiger partial charge in [0.25, 0.3) is 0 Å². The molecule has 0 radical (unpaired) electrons. The lowest BCUT2D eigenvalue weighted by Crippen LogP contribution is -2.32. The molecule has 2 aromatic rings. The highest BCUT2D eigenvalue weighted by Gasteiger charge is 2.38. The lowest BCUT2D eigenvalue weighted by molar-refractivity contribution is 0.0594. The summed E-state index contributed by atoms with van der Waals surface area (Å²) in [6.07, 6.45) is 1.65. The van der Waals surface area contributed by atoms with Crippen molar-refractivity contribution in [3.63, 3.8) is 0 Å². The van der Waals surface area contributed by atoms with Gasteiger partial charge in [-0.05, 0) is 37.1 Å². The van der Waals surface area contributed by atoms with Crippen molar-refractivity contribution < 1.29 is 22.7 Å². The van der Waals surface area contributed by atoms with E-state index in [0.29, 0.717) is 10.8 Å². The predicted octanol–water partition coefficient (Wildman–Crippen LogP) is 2.29. The third-order valence-electron chi connectivity index (χ3n) is 3.86.